The number of aliphatic hydroxyl groups is 8. The zero-order valence-corrected chi connectivity index (χ0v) is 22.4. The standard InChI is InChI=1S/C23H47N5O12/c1-2-27-4-11-16(33)17(34)14(26)22(37-11)39-20-9(24)3-10(28-8(5-29)6-30)21(19(20)36)40-23-18(35)13(25)15(32)12(7-31)38-23/h8-23,27-36H,2-7,24-26H2,1H3. The molecule has 17 heteroatoms. The van der Waals surface area contributed by atoms with E-state index in [4.69, 9.17) is 36.1 Å². The highest BCUT2D eigenvalue weighted by atomic mass is 16.7. The molecule has 1 aliphatic carbocycles. The van der Waals surface area contributed by atoms with Gasteiger partial charge in [0.15, 0.2) is 12.6 Å². The van der Waals surface area contributed by atoms with Gasteiger partial charge in [-0.05, 0) is 13.0 Å². The lowest BCUT2D eigenvalue weighted by molar-refractivity contribution is -0.320. The minimum atomic E-state index is -1.55. The number of rotatable bonds is 12. The maximum Gasteiger partial charge on any atom is 0.186 e. The van der Waals surface area contributed by atoms with Crippen LogP contribution in [-0.4, -0.2) is 171 Å². The van der Waals surface area contributed by atoms with E-state index in [1.807, 2.05) is 6.92 Å². The molecule has 17 nitrogen and oxygen atoms in total. The van der Waals surface area contributed by atoms with Crippen LogP contribution in [-0.2, 0) is 18.9 Å². The summed E-state index contributed by atoms with van der Waals surface area (Å²) in [7, 11) is 0. The number of hydrogen-bond donors (Lipinski definition) is 13. The van der Waals surface area contributed by atoms with Gasteiger partial charge in [-0.25, -0.2) is 0 Å². The van der Waals surface area contributed by atoms with Crippen molar-refractivity contribution in [2.75, 3.05) is 32.9 Å². The number of nitrogens with one attached hydrogen (secondary N) is 2. The molecule has 0 aromatic heterocycles. The van der Waals surface area contributed by atoms with Gasteiger partial charge in [-0.1, -0.05) is 6.92 Å². The summed E-state index contributed by atoms with van der Waals surface area (Å²) in [5, 5.41) is 87.9. The van der Waals surface area contributed by atoms with E-state index in [0.29, 0.717) is 6.54 Å². The van der Waals surface area contributed by atoms with Gasteiger partial charge in [0.25, 0.3) is 0 Å². The highest BCUT2D eigenvalue weighted by molar-refractivity contribution is 5.03. The molecule has 0 spiro atoms. The topological polar surface area (TPSA) is 301 Å². The molecule has 3 aliphatic rings. The maximum absolute atomic E-state index is 11.4. The molecule has 3 rings (SSSR count). The molecule has 15 atom stereocenters. The van der Waals surface area contributed by atoms with E-state index in [1.165, 1.54) is 0 Å². The summed E-state index contributed by atoms with van der Waals surface area (Å²) < 4.78 is 23.3. The highest BCUT2D eigenvalue weighted by Crippen LogP contribution is 2.32. The van der Waals surface area contributed by atoms with Crippen LogP contribution in [0.1, 0.15) is 13.3 Å². The zero-order valence-electron chi connectivity index (χ0n) is 22.4. The fourth-order valence-corrected chi connectivity index (χ4v) is 5.29. The van der Waals surface area contributed by atoms with Crippen LogP contribution < -0.4 is 27.8 Å². The first kappa shape index (κ1) is 33.8. The van der Waals surface area contributed by atoms with Gasteiger partial charge in [-0.15, -0.1) is 0 Å². The summed E-state index contributed by atoms with van der Waals surface area (Å²) in [6, 6.07) is -4.92. The van der Waals surface area contributed by atoms with Crippen LogP contribution in [0, 0.1) is 0 Å². The maximum atomic E-state index is 11.4. The number of hydrogen-bond acceptors (Lipinski definition) is 17. The van der Waals surface area contributed by atoms with Gasteiger partial charge in [0.2, 0.25) is 0 Å². The van der Waals surface area contributed by atoms with E-state index >= 15 is 0 Å². The van der Waals surface area contributed by atoms with Gasteiger partial charge in [-0.2, -0.15) is 0 Å². The van der Waals surface area contributed by atoms with Crippen LogP contribution in [0.25, 0.3) is 0 Å². The van der Waals surface area contributed by atoms with Crippen molar-refractivity contribution in [3.8, 4) is 0 Å². The van der Waals surface area contributed by atoms with Crippen LogP contribution in [0.15, 0.2) is 0 Å². The van der Waals surface area contributed by atoms with Gasteiger partial charge in [-0.3, -0.25) is 0 Å². The van der Waals surface area contributed by atoms with Crippen LogP contribution in [0.3, 0.4) is 0 Å². The Morgan fingerprint density at radius 1 is 0.775 bits per heavy atom. The minimum Gasteiger partial charge on any atom is -0.395 e. The Bertz CT molecular complexity index is 757. The number of aliphatic hydroxyl groups excluding tert-OH is 8. The first-order chi connectivity index (χ1) is 19.0. The lowest BCUT2D eigenvalue weighted by atomic mass is 9.83. The van der Waals surface area contributed by atoms with Crippen molar-refractivity contribution in [3.05, 3.63) is 0 Å². The molecule has 0 amide bonds. The summed E-state index contributed by atoms with van der Waals surface area (Å²) in [4.78, 5) is 0. The minimum absolute atomic E-state index is 0.0672. The van der Waals surface area contributed by atoms with Crippen LogP contribution >= 0.6 is 0 Å². The van der Waals surface area contributed by atoms with Crippen LogP contribution in [0.2, 0.25) is 0 Å². The van der Waals surface area contributed by atoms with Crippen molar-refractivity contribution in [2.24, 2.45) is 17.2 Å². The van der Waals surface area contributed by atoms with E-state index < -0.39 is 118 Å². The van der Waals surface area contributed by atoms with Crippen LogP contribution in [0.4, 0.5) is 0 Å². The van der Waals surface area contributed by atoms with E-state index in [9.17, 15) is 40.9 Å². The van der Waals surface area contributed by atoms with Gasteiger partial charge in [0.1, 0.15) is 54.9 Å². The number of ether oxygens (including phenoxy) is 4. The largest absolute Gasteiger partial charge is 0.395 e. The average Bonchev–Trinajstić information content (AvgIpc) is 2.94. The summed E-state index contributed by atoms with van der Waals surface area (Å²) >= 11 is 0. The second kappa shape index (κ2) is 15.2. The van der Waals surface area contributed by atoms with Crippen molar-refractivity contribution in [1.82, 2.24) is 10.6 Å². The molecule has 2 saturated heterocycles. The fourth-order valence-electron chi connectivity index (χ4n) is 5.29. The molecule has 1 saturated carbocycles. The molecule has 2 aliphatic heterocycles. The Morgan fingerprint density at radius 3 is 2.00 bits per heavy atom. The predicted molar refractivity (Wildman–Crippen MR) is 136 cm³/mol. The zero-order chi connectivity index (χ0) is 29.7. The van der Waals surface area contributed by atoms with Gasteiger partial charge in [0.05, 0.1) is 37.9 Å². The summed E-state index contributed by atoms with van der Waals surface area (Å²) in [5.41, 5.74) is 18.4. The number of nitrogens with two attached hydrogens (primary N) is 3. The normalized spacial score (nSPS) is 46.6. The van der Waals surface area contributed by atoms with E-state index in [1.54, 1.807) is 0 Å². The third-order valence-corrected chi connectivity index (χ3v) is 7.77. The molecular weight excluding hydrogens is 538 g/mol. The molecule has 0 radical (unpaired) electrons. The molecule has 40 heavy (non-hydrogen) atoms. The molecule has 15 unspecified atom stereocenters. The van der Waals surface area contributed by atoms with Gasteiger partial charge in [0, 0.05) is 18.6 Å². The van der Waals surface area contributed by atoms with Crippen molar-refractivity contribution in [3.63, 3.8) is 0 Å². The quantitative estimate of drug-likeness (QED) is 0.101. The molecule has 3 fully saturated rings. The Morgan fingerprint density at radius 2 is 1.40 bits per heavy atom. The van der Waals surface area contributed by atoms with Crippen molar-refractivity contribution in [1.29, 1.82) is 0 Å². The fraction of sp³-hybridized carbons (Fsp3) is 1.00. The monoisotopic (exact) mass is 585 g/mol. The summed E-state index contributed by atoms with van der Waals surface area (Å²) in [6.07, 6.45) is -14.4. The predicted octanol–water partition coefficient (Wildman–Crippen LogP) is -7.69. The van der Waals surface area contributed by atoms with Crippen molar-refractivity contribution >= 4 is 0 Å². The van der Waals surface area contributed by atoms with Gasteiger partial charge >= 0.3 is 0 Å². The second-order valence-corrected chi connectivity index (χ2v) is 10.6. The van der Waals surface area contributed by atoms with E-state index in [0.717, 1.165) is 0 Å². The smallest absolute Gasteiger partial charge is 0.186 e. The molecule has 0 bridgehead atoms. The molecule has 236 valence electrons. The molecular formula is C23H47N5O12. The van der Waals surface area contributed by atoms with E-state index in [2.05, 4.69) is 10.6 Å². The van der Waals surface area contributed by atoms with Crippen molar-refractivity contribution in [2.45, 2.75) is 111 Å². The Labute approximate surface area is 232 Å². The lowest BCUT2D eigenvalue weighted by Gasteiger charge is -2.49. The van der Waals surface area contributed by atoms with E-state index in [-0.39, 0.29) is 13.0 Å². The lowest BCUT2D eigenvalue weighted by Crippen LogP contribution is -2.70. The molecule has 0 aromatic rings. The van der Waals surface area contributed by atoms with Crippen molar-refractivity contribution < 1.29 is 59.8 Å². The molecule has 0 aromatic carbocycles. The van der Waals surface area contributed by atoms with Gasteiger partial charge < -0.3 is 87.6 Å². The molecule has 2 heterocycles. The number of likely N-dealkylation sites (N-methyl/N-ethyl adjacent to an activating group) is 1. The third-order valence-electron chi connectivity index (χ3n) is 7.77. The second-order valence-electron chi connectivity index (χ2n) is 10.6. The first-order valence-corrected chi connectivity index (χ1v) is 13.6. The SMILES string of the molecule is CCNCC1OC(OC2C(N)CC(NC(CO)CO)C(OC3OC(CO)C(O)C(N)C3O)C2O)C(N)C(O)C1O. The summed E-state index contributed by atoms with van der Waals surface area (Å²) in [5.74, 6) is 0. The summed E-state index contributed by atoms with van der Waals surface area (Å²) in [6.45, 7) is 1.11. The highest BCUT2D eigenvalue weighted by Gasteiger charge is 2.52. The van der Waals surface area contributed by atoms with Crippen LogP contribution in [0.5, 0.6) is 0 Å². The molecule has 16 N–H and O–H groups in total. The Kier molecular flexibility index (Phi) is 12.8. The average molecular weight is 586 g/mol. The Balaban J connectivity index is 1.83. The first-order valence-electron chi connectivity index (χ1n) is 13.6. The third kappa shape index (κ3) is 7.44. The Hall–Kier alpha value is -0.680.